The molecule has 3 aromatic rings. The zero-order chi connectivity index (χ0) is 22.0. The molecule has 4 heterocycles. The Balaban J connectivity index is 1.48. The third-order valence-corrected chi connectivity index (χ3v) is 7.56. The highest BCUT2D eigenvalue weighted by Gasteiger charge is 2.33. The van der Waals surface area contributed by atoms with Crippen molar-refractivity contribution < 1.29 is 8.42 Å². The minimum absolute atomic E-state index is 0.0659. The van der Waals surface area contributed by atoms with Gasteiger partial charge < -0.3 is 5.32 Å². The van der Waals surface area contributed by atoms with Crippen LogP contribution in [0.2, 0.25) is 0 Å². The van der Waals surface area contributed by atoms with E-state index in [1.54, 1.807) is 28.3 Å². The van der Waals surface area contributed by atoms with Crippen molar-refractivity contribution in [3.8, 4) is 0 Å². The summed E-state index contributed by atoms with van der Waals surface area (Å²) in [6, 6.07) is 9.75. The Morgan fingerprint density at radius 2 is 2.03 bits per heavy atom. The summed E-state index contributed by atoms with van der Waals surface area (Å²) in [4.78, 5) is 9.36. The Morgan fingerprint density at radius 3 is 2.71 bits per heavy atom. The van der Waals surface area contributed by atoms with Crippen molar-refractivity contribution in [1.82, 2.24) is 24.1 Å². The summed E-state index contributed by atoms with van der Waals surface area (Å²) >= 11 is 0. The van der Waals surface area contributed by atoms with Crippen molar-refractivity contribution in [2.24, 2.45) is 0 Å². The molecule has 0 radical (unpaired) electrons. The molecular weight excluding hydrogens is 412 g/mol. The van der Waals surface area contributed by atoms with Gasteiger partial charge in [-0.05, 0) is 57.9 Å². The first-order valence-corrected chi connectivity index (χ1v) is 12.0. The van der Waals surface area contributed by atoms with E-state index in [1.807, 2.05) is 44.2 Å². The second kappa shape index (κ2) is 8.76. The summed E-state index contributed by atoms with van der Waals surface area (Å²) in [7, 11) is -3.57. The number of anilines is 2. The van der Waals surface area contributed by atoms with Crippen molar-refractivity contribution in [1.29, 1.82) is 0 Å². The van der Waals surface area contributed by atoms with E-state index < -0.39 is 10.0 Å². The fraction of sp³-hybridized carbons (Fsp3) is 0.409. The van der Waals surface area contributed by atoms with Crippen molar-refractivity contribution in [2.45, 2.75) is 51.0 Å². The Bertz CT molecular complexity index is 1160. The van der Waals surface area contributed by atoms with Gasteiger partial charge in [0.2, 0.25) is 10.0 Å². The quantitative estimate of drug-likeness (QED) is 0.629. The van der Waals surface area contributed by atoms with Gasteiger partial charge in [-0.1, -0.05) is 6.07 Å². The van der Waals surface area contributed by atoms with Crippen LogP contribution in [-0.2, 0) is 16.6 Å². The van der Waals surface area contributed by atoms with Crippen LogP contribution in [0.15, 0.2) is 47.6 Å². The second-order valence-electron chi connectivity index (χ2n) is 7.90. The molecule has 31 heavy (non-hydrogen) atoms. The average molecular weight is 441 g/mol. The first-order valence-electron chi connectivity index (χ1n) is 10.6. The van der Waals surface area contributed by atoms with E-state index in [4.69, 9.17) is 0 Å². The molecule has 1 atom stereocenters. The lowest BCUT2D eigenvalue weighted by Crippen LogP contribution is -2.39. The normalized spacial score (nSPS) is 17.6. The zero-order valence-electron chi connectivity index (χ0n) is 18.1. The van der Waals surface area contributed by atoms with E-state index in [9.17, 15) is 8.42 Å². The lowest BCUT2D eigenvalue weighted by Gasteiger charge is -2.31. The number of rotatable bonds is 6. The summed E-state index contributed by atoms with van der Waals surface area (Å²) in [5, 5.41) is 7.56. The van der Waals surface area contributed by atoms with E-state index in [0.717, 1.165) is 35.7 Å². The van der Waals surface area contributed by atoms with Gasteiger partial charge >= 0.3 is 0 Å². The van der Waals surface area contributed by atoms with Crippen molar-refractivity contribution in [3.05, 3.63) is 59.8 Å². The molecule has 8 nitrogen and oxygen atoms in total. The maximum Gasteiger partial charge on any atom is 0.246 e. The van der Waals surface area contributed by atoms with Crippen molar-refractivity contribution >= 4 is 21.5 Å². The van der Waals surface area contributed by atoms with Gasteiger partial charge in [0.05, 0.1) is 17.6 Å². The fourth-order valence-electron chi connectivity index (χ4n) is 3.94. The second-order valence-corrected chi connectivity index (χ2v) is 9.80. The van der Waals surface area contributed by atoms with Gasteiger partial charge in [-0.25, -0.2) is 13.4 Å². The molecule has 0 amide bonds. The Hall–Kier alpha value is -2.78. The van der Waals surface area contributed by atoms with Gasteiger partial charge in [0.15, 0.2) is 0 Å². The van der Waals surface area contributed by atoms with Crippen LogP contribution in [0.25, 0.3) is 0 Å². The van der Waals surface area contributed by atoms with Crippen LogP contribution in [-0.4, -0.2) is 45.6 Å². The SMILES string of the molecule is CCn1cc(S(=O)(=O)N2CCC[C@@H](c3ccc(Nc4cccc(C)n4)cn3)C2)c(C)n1. The van der Waals surface area contributed by atoms with Crippen LogP contribution < -0.4 is 5.32 Å². The maximum atomic E-state index is 13.2. The Labute approximate surface area is 183 Å². The smallest absolute Gasteiger partial charge is 0.246 e. The van der Waals surface area contributed by atoms with Crippen LogP contribution in [0.4, 0.5) is 11.5 Å². The van der Waals surface area contributed by atoms with Gasteiger partial charge in [-0.3, -0.25) is 9.67 Å². The molecule has 1 aliphatic heterocycles. The highest BCUT2D eigenvalue weighted by atomic mass is 32.2. The van der Waals surface area contributed by atoms with Crippen LogP contribution in [0.1, 0.15) is 42.8 Å². The number of aromatic nitrogens is 4. The molecule has 164 valence electrons. The minimum Gasteiger partial charge on any atom is -0.339 e. The third kappa shape index (κ3) is 4.62. The first kappa shape index (κ1) is 21.5. The zero-order valence-corrected chi connectivity index (χ0v) is 18.9. The van der Waals surface area contributed by atoms with Gasteiger partial charge in [-0.15, -0.1) is 0 Å². The summed E-state index contributed by atoms with van der Waals surface area (Å²) in [5.41, 5.74) is 3.24. The molecule has 9 heteroatoms. The van der Waals surface area contributed by atoms with Gasteiger partial charge in [0.25, 0.3) is 0 Å². The number of nitrogens with one attached hydrogen (secondary N) is 1. The monoisotopic (exact) mass is 440 g/mol. The number of piperidine rings is 1. The molecule has 1 aliphatic rings. The van der Waals surface area contributed by atoms with E-state index in [-0.39, 0.29) is 5.92 Å². The molecule has 0 spiro atoms. The number of hydrogen-bond donors (Lipinski definition) is 1. The molecule has 1 saturated heterocycles. The molecule has 0 aliphatic carbocycles. The van der Waals surface area contributed by atoms with Crippen molar-refractivity contribution in [2.75, 3.05) is 18.4 Å². The fourth-order valence-corrected chi connectivity index (χ4v) is 5.63. The summed E-state index contributed by atoms with van der Waals surface area (Å²) in [5.74, 6) is 0.837. The summed E-state index contributed by atoms with van der Waals surface area (Å²) < 4.78 is 29.7. The highest BCUT2D eigenvalue weighted by Crippen LogP contribution is 2.30. The third-order valence-electron chi connectivity index (χ3n) is 5.59. The number of aryl methyl sites for hydroxylation is 3. The molecule has 0 bridgehead atoms. The van der Waals surface area contributed by atoms with Crippen LogP contribution in [0, 0.1) is 13.8 Å². The highest BCUT2D eigenvalue weighted by molar-refractivity contribution is 7.89. The van der Waals surface area contributed by atoms with E-state index in [1.165, 1.54) is 0 Å². The molecule has 1 fully saturated rings. The lowest BCUT2D eigenvalue weighted by molar-refractivity contribution is 0.312. The standard InChI is InChI=1S/C22H28N6O2S/c1-4-27-15-21(17(3)26-27)31(29,30)28-12-6-8-18(14-28)20-11-10-19(13-23-20)25-22-9-5-7-16(2)24-22/h5,7,9-11,13,15,18H,4,6,8,12,14H2,1-3H3,(H,24,25)/t18-/m1/s1. The predicted molar refractivity (Wildman–Crippen MR) is 120 cm³/mol. The number of pyridine rings is 2. The molecule has 0 saturated carbocycles. The van der Waals surface area contributed by atoms with Crippen LogP contribution in [0.3, 0.4) is 0 Å². The molecule has 1 N–H and O–H groups in total. The summed E-state index contributed by atoms with van der Waals surface area (Å²) in [6.07, 6.45) is 5.13. The molecule has 0 unspecified atom stereocenters. The lowest BCUT2D eigenvalue weighted by atomic mass is 9.95. The molecule has 3 aromatic heterocycles. The molecule has 4 rings (SSSR count). The number of sulfonamides is 1. The minimum atomic E-state index is -3.57. The Kier molecular flexibility index (Phi) is 6.06. The number of nitrogens with zero attached hydrogens (tertiary/aromatic N) is 5. The average Bonchev–Trinajstić information content (AvgIpc) is 3.16. The summed E-state index contributed by atoms with van der Waals surface area (Å²) in [6.45, 7) is 7.23. The van der Waals surface area contributed by atoms with Crippen LogP contribution >= 0.6 is 0 Å². The molecular formula is C22H28N6O2S. The van der Waals surface area contributed by atoms with Gasteiger partial charge in [0.1, 0.15) is 10.7 Å². The van der Waals surface area contributed by atoms with E-state index >= 15 is 0 Å². The van der Waals surface area contributed by atoms with Crippen molar-refractivity contribution in [3.63, 3.8) is 0 Å². The maximum absolute atomic E-state index is 13.2. The largest absolute Gasteiger partial charge is 0.339 e. The molecule has 0 aromatic carbocycles. The van der Waals surface area contributed by atoms with Gasteiger partial charge in [0, 0.05) is 43.1 Å². The van der Waals surface area contributed by atoms with Crippen LogP contribution in [0.5, 0.6) is 0 Å². The van der Waals surface area contributed by atoms with E-state index in [2.05, 4.69) is 20.4 Å². The van der Waals surface area contributed by atoms with Gasteiger partial charge in [-0.2, -0.15) is 9.40 Å². The predicted octanol–water partition coefficient (Wildman–Crippen LogP) is 3.62. The Morgan fingerprint density at radius 1 is 1.19 bits per heavy atom. The first-order chi connectivity index (χ1) is 14.9. The number of hydrogen-bond acceptors (Lipinski definition) is 6. The van der Waals surface area contributed by atoms with E-state index in [0.29, 0.717) is 30.2 Å². The topological polar surface area (TPSA) is 93.0 Å².